The lowest BCUT2D eigenvalue weighted by molar-refractivity contribution is -0.154. The summed E-state index contributed by atoms with van der Waals surface area (Å²) < 4.78 is 4.33. The molecule has 21 heavy (non-hydrogen) atoms. The van der Waals surface area contributed by atoms with Crippen LogP contribution in [0.1, 0.15) is 44.9 Å². The van der Waals surface area contributed by atoms with Gasteiger partial charge in [0.25, 0.3) is 0 Å². The summed E-state index contributed by atoms with van der Waals surface area (Å²) in [5, 5.41) is 21.2. The fourth-order valence-electron chi connectivity index (χ4n) is 2.67. The first kappa shape index (κ1) is 17.4. The molecule has 0 spiro atoms. The number of aliphatic hydroxyl groups is 1. The summed E-state index contributed by atoms with van der Waals surface area (Å²) in [5.74, 6) is -2.26. The Morgan fingerprint density at radius 3 is 2.24 bits per heavy atom. The fraction of sp³-hybridized carbons (Fsp3) is 0.786. The van der Waals surface area contributed by atoms with Crippen molar-refractivity contribution in [2.75, 3.05) is 13.7 Å². The zero-order valence-corrected chi connectivity index (χ0v) is 12.3. The number of ether oxygens (including phenoxy) is 1. The Kier molecular flexibility index (Phi) is 6.61. The molecule has 7 nitrogen and oxygen atoms in total. The minimum absolute atomic E-state index is 0.129. The standard InChI is InChI=1S/C14H23NO6/c1-21-12(18)10(16)9-15-11(17)8-14(13(19)20)6-4-2-3-5-7-14/h10,16H,2-9H2,1H3,(H,15,17)(H,19,20). The van der Waals surface area contributed by atoms with Gasteiger partial charge < -0.3 is 20.3 Å². The maximum absolute atomic E-state index is 11.9. The van der Waals surface area contributed by atoms with E-state index in [1.807, 2.05) is 0 Å². The van der Waals surface area contributed by atoms with Crippen molar-refractivity contribution < 1.29 is 29.3 Å². The molecule has 1 aliphatic rings. The average Bonchev–Trinajstić information content (AvgIpc) is 2.70. The van der Waals surface area contributed by atoms with E-state index in [1.54, 1.807) is 0 Å². The first-order valence-corrected chi connectivity index (χ1v) is 7.17. The van der Waals surface area contributed by atoms with Crippen molar-refractivity contribution in [3.8, 4) is 0 Å². The monoisotopic (exact) mass is 301 g/mol. The number of amides is 1. The van der Waals surface area contributed by atoms with Crippen molar-refractivity contribution in [3.05, 3.63) is 0 Å². The maximum Gasteiger partial charge on any atom is 0.336 e. The van der Waals surface area contributed by atoms with E-state index in [9.17, 15) is 24.6 Å². The molecule has 3 N–H and O–H groups in total. The lowest BCUT2D eigenvalue weighted by atomic mass is 9.77. The Balaban J connectivity index is 2.57. The second-order valence-corrected chi connectivity index (χ2v) is 5.52. The number of hydrogen-bond donors (Lipinski definition) is 3. The third-order valence-electron chi connectivity index (χ3n) is 3.98. The van der Waals surface area contributed by atoms with E-state index in [0.717, 1.165) is 32.8 Å². The zero-order valence-electron chi connectivity index (χ0n) is 12.3. The largest absolute Gasteiger partial charge is 0.481 e. The van der Waals surface area contributed by atoms with Gasteiger partial charge in [-0.15, -0.1) is 0 Å². The van der Waals surface area contributed by atoms with Crippen molar-refractivity contribution in [1.29, 1.82) is 0 Å². The van der Waals surface area contributed by atoms with E-state index in [0.29, 0.717) is 12.8 Å². The predicted molar refractivity (Wildman–Crippen MR) is 73.4 cm³/mol. The SMILES string of the molecule is COC(=O)C(O)CNC(=O)CC1(C(=O)O)CCCCCC1. The summed E-state index contributed by atoms with van der Waals surface area (Å²) >= 11 is 0. The molecule has 0 radical (unpaired) electrons. The van der Waals surface area contributed by atoms with Crippen LogP contribution in [0, 0.1) is 5.41 Å². The number of hydrogen-bond acceptors (Lipinski definition) is 5. The number of carbonyl (C=O) groups is 3. The number of carboxylic acids is 1. The highest BCUT2D eigenvalue weighted by molar-refractivity contribution is 5.85. The highest BCUT2D eigenvalue weighted by Crippen LogP contribution is 2.38. The number of esters is 1. The molecule has 1 amide bonds. The molecule has 0 heterocycles. The van der Waals surface area contributed by atoms with Gasteiger partial charge in [-0.25, -0.2) is 4.79 Å². The van der Waals surface area contributed by atoms with Gasteiger partial charge in [-0.1, -0.05) is 25.7 Å². The molecule has 1 rings (SSSR count). The quantitative estimate of drug-likeness (QED) is 0.485. The van der Waals surface area contributed by atoms with Crippen molar-refractivity contribution in [1.82, 2.24) is 5.32 Å². The lowest BCUT2D eigenvalue weighted by Crippen LogP contribution is -2.41. The molecule has 1 saturated carbocycles. The van der Waals surface area contributed by atoms with Gasteiger partial charge >= 0.3 is 11.9 Å². The summed E-state index contributed by atoms with van der Waals surface area (Å²) in [7, 11) is 1.14. The van der Waals surface area contributed by atoms with Gasteiger partial charge in [-0.05, 0) is 12.8 Å². The van der Waals surface area contributed by atoms with E-state index in [4.69, 9.17) is 0 Å². The Hall–Kier alpha value is -1.63. The van der Waals surface area contributed by atoms with Crippen LogP contribution in [-0.4, -0.2) is 47.8 Å². The second-order valence-electron chi connectivity index (χ2n) is 5.52. The topological polar surface area (TPSA) is 113 Å². The smallest absolute Gasteiger partial charge is 0.336 e. The maximum atomic E-state index is 11.9. The summed E-state index contributed by atoms with van der Waals surface area (Å²) in [6, 6.07) is 0. The van der Waals surface area contributed by atoms with Crippen LogP contribution < -0.4 is 5.32 Å². The normalized spacial score (nSPS) is 19.1. The second kappa shape index (κ2) is 7.97. The van der Waals surface area contributed by atoms with E-state index in [2.05, 4.69) is 10.1 Å². The van der Waals surface area contributed by atoms with Gasteiger partial charge in [-0.2, -0.15) is 0 Å². The molecule has 0 bridgehead atoms. The molecule has 1 fully saturated rings. The summed E-state index contributed by atoms with van der Waals surface area (Å²) in [4.78, 5) is 34.5. The van der Waals surface area contributed by atoms with Gasteiger partial charge in [0, 0.05) is 6.42 Å². The number of nitrogens with one attached hydrogen (secondary N) is 1. The molecule has 0 aromatic heterocycles. The van der Waals surface area contributed by atoms with Crippen LogP contribution in [0.5, 0.6) is 0 Å². The van der Waals surface area contributed by atoms with E-state index in [-0.39, 0.29) is 13.0 Å². The molecule has 0 saturated heterocycles. The highest BCUT2D eigenvalue weighted by atomic mass is 16.5. The van der Waals surface area contributed by atoms with Crippen molar-refractivity contribution >= 4 is 17.8 Å². The van der Waals surface area contributed by atoms with Crippen LogP contribution in [-0.2, 0) is 19.1 Å². The van der Waals surface area contributed by atoms with Gasteiger partial charge in [0.1, 0.15) is 0 Å². The Labute approximate surface area is 123 Å². The number of methoxy groups -OCH3 is 1. The molecular weight excluding hydrogens is 278 g/mol. The fourth-order valence-corrected chi connectivity index (χ4v) is 2.67. The van der Waals surface area contributed by atoms with Crippen molar-refractivity contribution in [2.24, 2.45) is 5.41 Å². The summed E-state index contributed by atoms with van der Waals surface area (Å²) in [6.07, 6.45) is 2.96. The van der Waals surface area contributed by atoms with Crippen LogP contribution >= 0.6 is 0 Å². The molecule has 7 heteroatoms. The molecule has 120 valence electrons. The van der Waals surface area contributed by atoms with E-state index < -0.39 is 29.4 Å². The summed E-state index contributed by atoms with van der Waals surface area (Å²) in [6.45, 7) is -0.277. The molecule has 0 aromatic rings. The number of aliphatic hydroxyl groups excluding tert-OH is 1. The minimum atomic E-state index is -1.44. The Morgan fingerprint density at radius 1 is 1.19 bits per heavy atom. The Bertz CT molecular complexity index is 387. The number of rotatable bonds is 6. The minimum Gasteiger partial charge on any atom is -0.481 e. The molecule has 1 unspecified atom stereocenters. The van der Waals surface area contributed by atoms with Crippen LogP contribution in [0.25, 0.3) is 0 Å². The van der Waals surface area contributed by atoms with Gasteiger partial charge in [0.2, 0.25) is 5.91 Å². The van der Waals surface area contributed by atoms with Gasteiger partial charge in [0.15, 0.2) is 6.10 Å². The van der Waals surface area contributed by atoms with Crippen LogP contribution in [0.2, 0.25) is 0 Å². The molecular formula is C14H23NO6. The molecule has 1 aliphatic carbocycles. The Morgan fingerprint density at radius 2 is 1.76 bits per heavy atom. The van der Waals surface area contributed by atoms with Gasteiger partial charge in [-0.3, -0.25) is 9.59 Å². The van der Waals surface area contributed by atoms with Crippen LogP contribution in [0.15, 0.2) is 0 Å². The first-order chi connectivity index (χ1) is 9.91. The van der Waals surface area contributed by atoms with Crippen molar-refractivity contribution in [3.63, 3.8) is 0 Å². The zero-order chi connectivity index (χ0) is 15.9. The number of carboxylic acid groups (broad SMARTS) is 1. The lowest BCUT2D eigenvalue weighted by Gasteiger charge is -2.27. The van der Waals surface area contributed by atoms with Crippen LogP contribution in [0.4, 0.5) is 0 Å². The number of carbonyl (C=O) groups excluding carboxylic acids is 2. The molecule has 0 aromatic carbocycles. The third-order valence-corrected chi connectivity index (χ3v) is 3.98. The number of aliphatic carboxylic acids is 1. The van der Waals surface area contributed by atoms with Crippen LogP contribution in [0.3, 0.4) is 0 Å². The summed E-state index contributed by atoms with van der Waals surface area (Å²) in [5.41, 5.74) is -1.03. The molecule has 0 aliphatic heterocycles. The third kappa shape index (κ3) is 5.00. The van der Waals surface area contributed by atoms with Crippen molar-refractivity contribution in [2.45, 2.75) is 51.0 Å². The van der Waals surface area contributed by atoms with E-state index >= 15 is 0 Å². The highest BCUT2D eigenvalue weighted by Gasteiger charge is 2.40. The predicted octanol–water partition coefficient (Wildman–Crippen LogP) is 0.452. The van der Waals surface area contributed by atoms with Gasteiger partial charge in [0.05, 0.1) is 19.1 Å². The first-order valence-electron chi connectivity index (χ1n) is 7.17. The van der Waals surface area contributed by atoms with E-state index in [1.165, 1.54) is 0 Å². The molecule has 1 atom stereocenters. The average molecular weight is 301 g/mol.